The molecule has 0 saturated carbocycles. The van der Waals surface area contributed by atoms with E-state index in [1.165, 1.54) is 308 Å². The smallest absolute Gasteiger partial charge is 0.306 e. The van der Waals surface area contributed by atoms with Gasteiger partial charge < -0.3 is 33.3 Å². The third-order valence-corrected chi connectivity index (χ3v) is 17.4. The highest BCUT2D eigenvalue weighted by Gasteiger charge is 2.22. The van der Waals surface area contributed by atoms with Crippen molar-refractivity contribution in [3.63, 3.8) is 0 Å². The van der Waals surface area contributed by atoms with Crippen LogP contribution >= 0.6 is 0 Å². The molecule has 2 atom stereocenters. The van der Waals surface area contributed by atoms with Gasteiger partial charge in [0.2, 0.25) is 0 Å². The third-order valence-electron chi connectivity index (χ3n) is 17.4. The maximum absolute atomic E-state index is 13.0. The van der Waals surface area contributed by atoms with Crippen LogP contribution in [0.4, 0.5) is 0 Å². The van der Waals surface area contributed by atoms with E-state index in [0.717, 1.165) is 51.4 Å². The van der Waals surface area contributed by atoms with Gasteiger partial charge in [0.15, 0.2) is 12.4 Å². The second-order valence-corrected chi connectivity index (χ2v) is 27.3. The number of nitrogens with zero attached hydrogens (tertiary/aromatic N) is 1. The Morgan fingerprint density at radius 2 is 0.621 bits per heavy atom. The summed E-state index contributed by atoms with van der Waals surface area (Å²) in [5.41, 5.74) is 0. The van der Waals surface area contributed by atoms with E-state index < -0.39 is 24.3 Å². The van der Waals surface area contributed by atoms with Crippen LogP contribution in [0, 0.1) is 0 Å². The van der Waals surface area contributed by atoms with Gasteiger partial charge in [-0.05, 0) is 51.4 Å². The molecule has 87 heavy (non-hydrogen) atoms. The number of unbranched alkanes of at least 4 members (excludes halogenated alkanes) is 51. The Morgan fingerprint density at radius 3 is 0.920 bits per heavy atom. The largest absolute Gasteiger partial charge is 0.545 e. The standard InChI is InChI=1S/C78H147NO8/c1-6-8-10-12-14-16-18-20-22-24-26-28-30-31-32-33-34-35-36-37-38-39-40-41-42-43-44-45-47-49-51-53-55-57-59-61-63-65-67-69-76(81)87-74(73-86-78(77(82)83)84-71-70-79(3,4)5)72-85-75(80)68-66-64-62-60-58-56-54-52-50-48-46-29-27-25-23-21-19-17-15-13-11-9-7-2/h18,20,24,26,30-31,74,78H,6-17,19,21-23,25,27-29,32-73H2,1-5H3/b20-18-,26-24-,31-30-. The van der Waals surface area contributed by atoms with E-state index in [1.807, 2.05) is 21.1 Å². The van der Waals surface area contributed by atoms with Crippen molar-refractivity contribution in [2.45, 2.75) is 399 Å². The van der Waals surface area contributed by atoms with Gasteiger partial charge >= 0.3 is 11.9 Å². The molecule has 0 aromatic carbocycles. The van der Waals surface area contributed by atoms with Gasteiger partial charge in [-0.1, -0.05) is 359 Å². The van der Waals surface area contributed by atoms with Crippen LogP contribution in [0.1, 0.15) is 386 Å². The van der Waals surface area contributed by atoms with Crippen LogP contribution in [-0.4, -0.2) is 82.3 Å². The predicted octanol–water partition coefficient (Wildman–Crippen LogP) is 22.6. The zero-order valence-corrected chi connectivity index (χ0v) is 58.7. The molecule has 0 N–H and O–H groups in total. The number of carbonyl (C=O) groups excluding carboxylic acids is 3. The molecule has 2 unspecified atom stereocenters. The zero-order valence-electron chi connectivity index (χ0n) is 58.7. The van der Waals surface area contributed by atoms with Crippen LogP contribution in [0.2, 0.25) is 0 Å². The maximum Gasteiger partial charge on any atom is 0.306 e. The number of ether oxygens (including phenoxy) is 4. The Bertz CT molecular complexity index is 1520. The van der Waals surface area contributed by atoms with Crippen molar-refractivity contribution in [3.05, 3.63) is 36.5 Å². The fourth-order valence-corrected chi connectivity index (χ4v) is 11.6. The number of hydrogen-bond acceptors (Lipinski definition) is 8. The molecule has 0 saturated heterocycles. The average Bonchev–Trinajstić information content (AvgIpc) is 3.55. The summed E-state index contributed by atoms with van der Waals surface area (Å²) in [5, 5.41) is 11.8. The Hall–Kier alpha value is -2.49. The van der Waals surface area contributed by atoms with Gasteiger partial charge in [-0.3, -0.25) is 9.59 Å². The molecule has 0 radical (unpaired) electrons. The summed E-state index contributed by atoms with van der Waals surface area (Å²) in [7, 11) is 5.95. The second kappa shape index (κ2) is 69.4. The minimum atomic E-state index is -1.62. The fourth-order valence-electron chi connectivity index (χ4n) is 11.6. The van der Waals surface area contributed by atoms with Crippen molar-refractivity contribution in [1.29, 1.82) is 0 Å². The number of aliphatic carboxylic acids is 1. The summed E-state index contributed by atoms with van der Waals surface area (Å²) >= 11 is 0. The molecule has 0 bridgehead atoms. The lowest BCUT2D eigenvalue weighted by Gasteiger charge is -2.26. The summed E-state index contributed by atoms with van der Waals surface area (Å²) in [6.07, 6.45) is 85.4. The number of quaternary nitrogens is 1. The Labute approximate surface area is 540 Å². The highest BCUT2D eigenvalue weighted by molar-refractivity contribution is 5.70. The van der Waals surface area contributed by atoms with Gasteiger partial charge in [-0.2, -0.15) is 0 Å². The highest BCUT2D eigenvalue weighted by atomic mass is 16.7. The molecule has 9 heteroatoms. The molecular formula is C78H147NO8. The van der Waals surface area contributed by atoms with E-state index >= 15 is 0 Å². The highest BCUT2D eigenvalue weighted by Crippen LogP contribution is 2.19. The van der Waals surface area contributed by atoms with Crippen LogP contribution in [0.5, 0.6) is 0 Å². The number of hydrogen-bond donors (Lipinski definition) is 0. The number of carbonyl (C=O) groups is 3. The number of likely N-dealkylation sites (N-methyl/N-ethyl adjacent to an activating group) is 1. The maximum atomic E-state index is 13.0. The summed E-state index contributed by atoms with van der Waals surface area (Å²) in [4.78, 5) is 37.5. The molecule has 0 spiro atoms. The van der Waals surface area contributed by atoms with Crippen molar-refractivity contribution in [3.8, 4) is 0 Å². The van der Waals surface area contributed by atoms with Crippen molar-refractivity contribution in [2.75, 3.05) is 47.5 Å². The molecule has 0 aliphatic rings. The Morgan fingerprint density at radius 1 is 0.345 bits per heavy atom. The van der Waals surface area contributed by atoms with Gasteiger partial charge in [-0.15, -0.1) is 0 Å². The van der Waals surface area contributed by atoms with Gasteiger partial charge in [0.1, 0.15) is 13.2 Å². The number of carboxylic acids is 1. The number of carboxylic acid groups (broad SMARTS) is 1. The molecule has 0 rings (SSSR count). The molecule has 0 amide bonds. The molecular weight excluding hydrogens is 1080 g/mol. The lowest BCUT2D eigenvalue weighted by Crippen LogP contribution is -2.44. The first kappa shape index (κ1) is 84.5. The summed E-state index contributed by atoms with van der Waals surface area (Å²) in [6.45, 7) is 4.81. The van der Waals surface area contributed by atoms with Crippen LogP contribution in [0.25, 0.3) is 0 Å². The summed E-state index contributed by atoms with van der Waals surface area (Å²) in [5.74, 6) is -2.25. The topological polar surface area (TPSA) is 111 Å². The first-order chi connectivity index (χ1) is 42.6. The summed E-state index contributed by atoms with van der Waals surface area (Å²) in [6, 6.07) is 0. The third kappa shape index (κ3) is 70.8. The minimum absolute atomic E-state index is 0.152. The molecule has 9 nitrogen and oxygen atoms in total. The van der Waals surface area contributed by atoms with E-state index in [-0.39, 0.29) is 32.2 Å². The Balaban J connectivity index is 3.96. The molecule has 0 aliphatic carbocycles. The zero-order chi connectivity index (χ0) is 63.3. The van der Waals surface area contributed by atoms with E-state index in [4.69, 9.17) is 18.9 Å². The normalized spacial score (nSPS) is 12.8. The fraction of sp³-hybridized carbons (Fsp3) is 0.885. The van der Waals surface area contributed by atoms with E-state index in [0.29, 0.717) is 17.4 Å². The average molecular weight is 1230 g/mol. The van der Waals surface area contributed by atoms with E-state index in [2.05, 4.69) is 50.3 Å². The van der Waals surface area contributed by atoms with Gasteiger partial charge in [-0.25, -0.2) is 0 Å². The van der Waals surface area contributed by atoms with E-state index in [1.54, 1.807) is 0 Å². The summed E-state index contributed by atoms with van der Waals surface area (Å²) < 4.78 is 22.9. The van der Waals surface area contributed by atoms with Gasteiger partial charge in [0.25, 0.3) is 0 Å². The van der Waals surface area contributed by atoms with Crippen LogP contribution in [0.15, 0.2) is 36.5 Å². The van der Waals surface area contributed by atoms with Crippen LogP contribution < -0.4 is 5.11 Å². The molecule has 0 aliphatic heterocycles. The van der Waals surface area contributed by atoms with Gasteiger partial charge in [0.05, 0.1) is 40.3 Å². The van der Waals surface area contributed by atoms with Gasteiger partial charge in [0, 0.05) is 12.8 Å². The number of rotatable bonds is 72. The predicted molar refractivity (Wildman–Crippen MR) is 371 cm³/mol. The molecule has 0 fully saturated rings. The second-order valence-electron chi connectivity index (χ2n) is 27.3. The first-order valence-electron chi connectivity index (χ1n) is 38.1. The van der Waals surface area contributed by atoms with Crippen molar-refractivity contribution in [1.82, 2.24) is 0 Å². The number of allylic oxidation sites excluding steroid dienone is 6. The quantitative estimate of drug-likeness (QED) is 0.0195. The molecule has 512 valence electrons. The number of esters is 2. The lowest BCUT2D eigenvalue weighted by molar-refractivity contribution is -0.870. The molecule has 0 heterocycles. The molecule has 0 aromatic rings. The lowest BCUT2D eigenvalue weighted by atomic mass is 10.0. The van der Waals surface area contributed by atoms with Crippen molar-refractivity contribution in [2.24, 2.45) is 0 Å². The van der Waals surface area contributed by atoms with Crippen LogP contribution in [-0.2, 0) is 33.3 Å². The Kier molecular flexibility index (Phi) is 67.4. The van der Waals surface area contributed by atoms with Crippen molar-refractivity contribution < 1.29 is 42.9 Å². The molecule has 0 aromatic heterocycles. The monoisotopic (exact) mass is 1230 g/mol. The SMILES string of the molecule is CCCCCCC/C=C\C/C=C\C/C=C\CCCCCCCCCCCCCCCCCCCCCCCCCCC(=O)OC(COC(=O)CCCCCCCCCCCCCCCCCCCCCCCCC)COC(OCC[N+](C)(C)C)C(=O)[O-]. The first-order valence-corrected chi connectivity index (χ1v) is 38.1. The van der Waals surface area contributed by atoms with Crippen molar-refractivity contribution >= 4 is 17.9 Å². The minimum Gasteiger partial charge on any atom is -0.545 e. The van der Waals surface area contributed by atoms with E-state index in [9.17, 15) is 19.5 Å². The van der Waals surface area contributed by atoms with Crippen LogP contribution in [0.3, 0.4) is 0 Å².